The highest BCUT2D eigenvalue weighted by Gasteiger charge is 2.71. The Hall–Kier alpha value is -2.38. The first-order valence-electron chi connectivity index (χ1n) is 10.6. The molecule has 0 unspecified atom stereocenters. The summed E-state index contributed by atoms with van der Waals surface area (Å²) in [6, 6.07) is 14.6. The van der Waals surface area contributed by atoms with E-state index in [4.69, 9.17) is 10.5 Å². The summed E-state index contributed by atoms with van der Waals surface area (Å²) in [6.07, 6.45) is 0.212. The Morgan fingerprint density at radius 2 is 1.68 bits per heavy atom. The van der Waals surface area contributed by atoms with Crippen LogP contribution in [0.3, 0.4) is 0 Å². The molecule has 1 saturated carbocycles. The zero-order chi connectivity index (χ0) is 23.0. The first kappa shape index (κ1) is 23.3. The maximum absolute atomic E-state index is 13.6. The van der Waals surface area contributed by atoms with E-state index in [0.717, 1.165) is 23.1 Å². The van der Waals surface area contributed by atoms with Crippen LogP contribution in [0.2, 0.25) is 0 Å². The number of nitrogens with two attached hydrogens (primary N) is 1. The normalized spacial score (nSPS) is 23.3. The highest BCUT2D eigenvalue weighted by atomic mass is 32.2. The van der Waals surface area contributed by atoms with Gasteiger partial charge in [0.05, 0.1) is 10.4 Å². The molecule has 6 nitrogen and oxygen atoms in total. The largest absolute Gasteiger partial charge is 0.444 e. The lowest BCUT2D eigenvalue weighted by Crippen LogP contribution is -2.49. The van der Waals surface area contributed by atoms with Gasteiger partial charge in [-0.3, -0.25) is 0 Å². The van der Waals surface area contributed by atoms with Gasteiger partial charge in [-0.05, 0) is 57.4 Å². The molecule has 7 heteroatoms. The van der Waals surface area contributed by atoms with Crippen molar-refractivity contribution in [3.05, 3.63) is 65.2 Å². The fraction of sp³-hybridized carbons (Fsp3) is 0.458. The van der Waals surface area contributed by atoms with E-state index in [0.29, 0.717) is 0 Å². The molecule has 3 rings (SSSR count). The quantitative estimate of drug-likeness (QED) is 0.708. The third kappa shape index (κ3) is 4.62. The van der Waals surface area contributed by atoms with Gasteiger partial charge in [0.15, 0.2) is 9.84 Å². The van der Waals surface area contributed by atoms with Crippen molar-refractivity contribution >= 4 is 15.9 Å². The van der Waals surface area contributed by atoms with Gasteiger partial charge in [-0.15, -0.1) is 0 Å². The molecule has 1 aliphatic rings. The molecule has 0 bridgehead atoms. The lowest BCUT2D eigenvalue weighted by molar-refractivity contribution is 0.0497. The van der Waals surface area contributed by atoms with Crippen molar-refractivity contribution in [2.24, 2.45) is 5.73 Å². The van der Waals surface area contributed by atoms with E-state index < -0.39 is 38.2 Å². The number of hydrogen-bond donors (Lipinski definition) is 2. The van der Waals surface area contributed by atoms with Crippen LogP contribution in [0.25, 0.3) is 0 Å². The van der Waals surface area contributed by atoms with E-state index in [1.807, 2.05) is 31.2 Å². The fourth-order valence-corrected chi connectivity index (χ4v) is 6.45. The molecular formula is C24H32N2O4S. The number of sulfone groups is 1. The van der Waals surface area contributed by atoms with Crippen LogP contribution in [-0.4, -0.2) is 37.4 Å². The summed E-state index contributed by atoms with van der Waals surface area (Å²) in [4.78, 5) is 12.8. The molecule has 1 fully saturated rings. The van der Waals surface area contributed by atoms with Gasteiger partial charge in [-0.1, -0.05) is 48.9 Å². The van der Waals surface area contributed by atoms with E-state index >= 15 is 0 Å². The van der Waals surface area contributed by atoms with Gasteiger partial charge >= 0.3 is 6.09 Å². The summed E-state index contributed by atoms with van der Waals surface area (Å²) in [5, 5.41) is 1.94. The minimum absolute atomic E-state index is 0.0256. The predicted octanol–water partition coefficient (Wildman–Crippen LogP) is 3.72. The van der Waals surface area contributed by atoms with Gasteiger partial charge in [-0.25, -0.2) is 13.2 Å². The van der Waals surface area contributed by atoms with E-state index in [-0.39, 0.29) is 11.4 Å². The van der Waals surface area contributed by atoms with Crippen molar-refractivity contribution in [1.82, 2.24) is 5.32 Å². The number of alkyl carbamates (subject to hydrolysis) is 1. The minimum Gasteiger partial charge on any atom is -0.444 e. The molecule has 0 aromatic heterocycles. The third-order valence-corrected chi connectivity index (χ3v) is 8.05. The molecule has 2 aromatic carbocycles. The first-order valence-corrected chi connectivity index (χ1v) is 12.1. The number of hydrogen-bond acceptors (Lipinski definition) is 5. The summed E-state index contributed by atoms with van der Waals surface area (Å²) >= 11 is 0. The zero-order valence-corrected chi connectivity index (χ0v) is 19.6. The molecule has 0 saturated heterocycles. The van der Waals surface area contributed by atoms with E-state index in [9.17, 15) is 13.2 Å². The number of carbonyl (C=O) groups excluding carboxylic acids is 1. The lowest BCUT2D eigenvalue weighted by atomic mass is 10.0. The Morgan fingerprint density at radius 3 is 2.16 bits per heavy atom. The van der Waals surface area contributed by atoms with Gasteiger partial charge < -0.3 is 15.8 Å². The van der Waals surface area contributed by atoms with E-state index in [1.54, 1.807) is 45.0 Å². The molecule has 1 aliphatic carbocycles. The van der Waals surface area contributed by atoms with E-state index in [2.05, 4.69) is 12.2 Å². The number of rotatable bonds is 6. The maximum atomic E-state index is 13.6. The third-order valence-electron chi connectivity index (χ3n) is 5.76. The van der Waals surface area contributed by atoms with Crippen LogP contribution >= 0.6 is 0 Å². The van der Waals surface area contributed by atoms with Gasteiger partial charge in [0.1, 0.15) is 10.9 Å². The van der Waals surface area contributed by atoms with Gasteiger partial charge in [0.2, 0.25) is 0 Å². The summed E-state index contributed by atoms with van der Waals surface area (Å²) in [6.45, 7) is 9.22. The van der Waals surface area contributed by atoms with Crippen LogP contribution in [0.4, 0.5) is 4.79 Å². The topological polar surface area (TPSA) is 98.5 Å². The van der Waals surface area contributed by atoms with Crippen molar-refractivity contribution < 1.29 is 17.9 Å². The second kappa shape index (κ2) is 8.28. The Morgan fingerprint density at radius 1 is 1.10 bits per heavy atom. The van der Waals surface area contributed by atoms with Crippen LogP contribution in [-0.2, 0) is 21.0 Å². The molecule has 0 spiro atoms. The number of nitrogens with one attached hydrogen (secondary N) is 1. The molecule has 3 N–H and O–H groups in total. The zero-order valence-electron chi connectivity index (χ0n) is 18.8. The average molecular weight is 445 g/mol. The Labute approximate surface area is 185 Å². The van der Waals surface area contributed by atoms with E-state index in [1.165, 1.54) is 0 Å². The number of carbonyl (C=O) groups is 1. The van der Waals surface area contributed by atoms with Crippen molar-refractivity contribution in [2.45, 2.75) is 68.2 Å². The molecule has 168 valence electrons. The Balaban J connectivity index is 2.03. The number of aryl methyl sites for hydroxylation is 2. The predicted molar refractivity (Wildman–Crippen MR) is 122 cm³/mol. The summed E-state index contributed by atoms with van der Waals surface area (Å²) in [5.41, 5.74) is 7.23. The Kier molecular flexibility index (Phi) is 6.22. The Bertz CT molecular complexity index is 1040. The van der Waals surface area contributed by atoms with Crippen molar-refractivity contribution in [2.75, 3.05) is 6.54 Å². The van der Waals surface area contributed by atoms with Crippen LogP contribution in [0.1, 0.15) is 50.3 Å². The SMILES string of the molecule is CCc1ccc([C@H]2[C@@H](S(=O)(=O)c3ccc(C)cc3)[C@@]2(CN)NC(=O)OC(C)(C)C)cc1. The van der Waals surface area contributed by atoms with Crippen LogP contribution in [0.5, 0.6) is 0 Å². The van der Waals surface area contributed by atoms with Gasteiger partial charge in [0.25, 0.3) is 0 Å². The molecule has 31 heavy (non-hydrogen) atoms. The highest BCUT2D eigenvalue weighted by molar-refractivity contribution is 7.92. The smallest absolute Gasteiger partial charge is 0.408 e. The fourth-order valence-electron chi connectivity index (χ4n) is 4.10. The van der Waals surface area contributed by atoms with Crippen molar-refractivity contribution in [3.63, 3.8) is 0 Å². The molecule has 0 radical (unpaired) electrons. The number of benzene rings is 2. The van der Waals surface area contributed by atoms with Crippen LogP contribution in [0, 0.1) is 6.92 Å². The maximum Gasteiger partial charge on any atom is 0.408 e. The number of amides is 1. The van der Waals surface area contributed by atoms with Crippen molar-refractivity contribution in [3.8, 4) is 0 Å². The molecule has 0 heterocycles. The van der Waals surface area contributed by atoms with Gasteiger partial charge in [0, 0.05) is 12.5 Å². The molecular weight excluding hydrogens is 412 g/mol. The highest BCUT2D eigenvalue weighted by Crippen LogP contribution is 2.57. The van der Waals surface area contributed by atoms with Crippen molar-refractivity contribution in [1.29, 1.82) is 0 Å². The van der Waals surface area contributed by atoms with Gasteiger partial charge in [-0.2, -0.15) is 0 Å². The average Bonchev–Trinajstić information content (AvgIpc) is 3.36. The monoisotopic (exact) mass is 444 g/mol. The molecule has 1 amide bonds. The summed E-state index contributed by atoms with van der Waals surface area (Å²) in [5.74, 6) is -0.470. The summed E-state index contributed by atoms with van der Waals surface area (Å²) < 4.78 is 32.6. The second-order valence-corrected chi connectivity index (χ2v) is 11.3. The second-order valence-electron chi connectivity index (χ2n) is 9.22. The first-order chi connectivity index (χ1) is 14.4. The standard InChI is InChI=1S/C24H32N2O4S/c1-6-17-9-11-18(12-10-17)20-21(31(28,29)19-13-7-16(2)8-14-19)24(20,15-25)26-22(27)30-23(3,4)5/h7-14,20-21H,6,15,25H2,1-5H3,(H,26,27)/t20-,21+,24-/m0/s1. The summed E-state index contributed by atoms with van der Waals surface area (Å²) in [7, 11) is -3.75. The van der Waals surface area contributed by atoms with Crippen LogP contribution in [0.15, 0.2) is 53.4 Å². The number of ether oxygens (including phenoxy) is 1. The molecule has 3 atom stereocenters. The minimum atomic E-state index is -3.75. The molecule has 0 aliphatic heterocycles. The molecule has 2 aromatic rings. The van der Waals surface area contributed by atoms with Crippen LogP contribution < -0.4 is 11.1 Å². The lowest BCUT2D eigenvalue weighted by Gasteiger charge is -2.24.